The number of carbonyl (C=O) groups is 3. The molecule has 0 aliphatic carbocycles. The van der Waals surface area contributed by atoms with Gasteiger partial charge in [0.05, 0.1) is 6.42 Å². The predicted octanol–water partition coefficient (Wildman–Crippen LogP) is 1.29. The SMILES string of the molecule is CCC(C)(C)OOOC(=O)CCN1C(=O)C=C(C)C1=O. The quantitative estimate of drug-likeness (QED) is 0.398. The maximum atomic E-state index is 11.5. The van der Waals surface area contributed by atoms with Gasteiger partial charge in [0.25, 0.3) is 11.8 Å². The molecule has 7 nitrogen and oxygen atoms in total. The Morgan fingerprint density at radius 2 is 2.00 bits per heavy atom. The molecule has 0 bridgehead atoms. The lowest BCUT2D eigenvalue weighted by Gasteiger charge is -2.19. The van der Waals surface area contributed by atoms with Crippen molar-refractivity contribution in [2.45, 2.75) is 46.1 Å². The Hall–Kier alpha value is -1.73. The van der Waals surface area contributed by atoms with Crippen LogP contribution in [0, 0.1) is 0 Å². The molecule has 1 aliphatic rings. The first-order chi connectivity index (χ1) is 9.26. The number of hydrogen-bond acceptors (Lipinski definition) is 6. The minimum absolute atomic E-state index is 0.0507. The van der Waals surface area contributed by atoms with E-state index in [4.69, 9.17) is 4.89 Å². The number of nitrogens with zero attached hydrogens (tertiary/aromatic N) is 1. The van der Waals surface area contributed by atoms with Crippen LogP contribution >= 0.6 is 0 Å². The highest BCUT2D eigenvalue weighted by molar-refractivity contribution is 6.15. The number of hydrogen-bond donors (Lipinski definition) is 0. The number of imide groups is 1. The molecule has 0 aromatic rings. The second-order valence-corrected chi connectivity index (χ2v) is 5.09. The van der Waals surface area contributed by atoms with Gasteiger partial charge in [0.15, 0.2) is 0 Å². The van der Waals surface area contributed by atoms with E-state index < -0.39 is 23.4 Å². The van der Waals surface area contributed by atoms with Crippen molar-refractivity contribution in [2.24, 2.45) is 0 Å². The zero-order valence-corrected chi connectivity index (χ0v) is 12.1. The molecule has 0 N–H and O–H groups in total. The van der Waals surface area contributed by atoms with Crippen LogP contribution in [0.15, 0.2) is 11.6 Å². The van der Waals surface area contributed by atoms with Crippen LogP contribution in [0.2, 0.25) is 0 Å². The van der Waals surface area contributed by atoms with E-state index in [-0.39, 0.29) is 13.0 Å². The molecule has 0 saturated carbocycles. The molecule has 20 heavy (non-hydrogen) atoms. The van der Waals surface area contributed by atoms with Crippen LogP contribution in [0.4, 0.5) is 0 Å². The highest BCUT2D eigenvalue weighted by Crippen LogP contribution is 2.14. The van der Waals surface area contributed by atoms with E-state index in [1.165, 1.54) is 6.08 Å². The molecular formula is C13H19NO6. The van der Waals surface area contributed by atoms with Gasteiger partial charge in [0.2, 0.25) is 0 Å². The van der Waals surface area contributed by atoms with Gasteiger partial charge in [-0.3, -0.25) is 19.4 Å². The standard InChI is InChI=1S/C13H19NO6/c1-5-13(3,4)19-20-18-11(16)6-7-14-10(15)8-9(2)12(14)17/h8H,5-7H2,1-4H3. The topological polar surface area (TPSA) is 82.1 Å². The molecule has 0 saturated heterocycles. The Labute approximate surface area is 117 Å². The fraction of sp³-hybridized carbons (Fsp3) is 0.615. The van der Waals surface area contributed by atoms with E-state index >= 15 is 0 Å². The number of amides is 2. The molecule has 0 aromatic heterocycles. The molecule has 0 fully saturated rings. The summed E-state index contributed by atoms with van der Waals surface area (Å²) in [6.45, 7) is 6.94. The third kappa shape index (κ3) is 4.43. The molecule has 0 radical (unpaired) electrons. The zero-order valence-electron chi connectivity index (χ0n) is 12.1. The summed E-state index contributed by atoms with van der Waals surface area (Å²) in [6.07, 6.45) is 1.75. The average molecular weight is 285 g/mol. The third-order valence-corrected chi connectivity index (χ3v) is 2.97. The van der Waals surface area contributed by atoms with Crippen molar-refractivity contribution in [1.29, 1.82) is 0 Å². The minimum Gasteiger partial charge on any atom is -0.275 e. The van der Waals surface area contributed by atoms with E-state index in [1.54, 1.807) is 20.8 Å². The number of rotatable bonds is 7. The second-order valence-electron chi connectivity index (χ2n) is 5.09. The molecule has 0 aromatic carbocycles. The van der Waals surface area contributed by atoms with Gasteiger partial charge < -0.3 is 0 Å². The van der Waals surface area contributed by atoms with Crippen LogP contribution in [0.25, 0.3) is 0 Å². The van der Waals surface area contributed by atoms with E-state index in [9.17, 15) is 14.4 Å². The first-order valence-corrected chi connectivity index (χ1v) is 6.36. The molecule has 0 unspecified atom stereocenters. The lowest BCUT2D eigenvalue weighted by atomic mass is 10.1. The molecule has 0 spiro atoms. The van der Waals surface area contributed by atoms with Crippen molar-refractivity contribution in [3.63, 3.8) is 0 Å². The summed E-state index contributed by atoms with van der Waals surface area (Å²) >= 11 is 0. The highest BCUT2D eigenvalue weighted by atomic mass is 17.5. The van der Waals surface area contributed by atoms with Gasteiger partial charge in [-0.1, -0.05) is 6.92 Å². The first-order valence-electron chi connectivity index (χ1n) is 6.36. The molecule has 1 heterocycles. The van der Waals surface area contributed by atoms with Crippen LogP contribution in [0.5, 0.6) is 0 Å². The Morgan fingerprint density at radius 1 is 1.35 bits per heavy atom. The van der Waals surface area contributed by atoms with E-state index in [0.717, 1.165) is 4.90 Å². The smallest absolute Gasteiger partial charge is 0.275 e. The summed E-state index contributed by atoms with van der Waals surface area (Å²) < 4.78 is 0. The Balaban J connectivity index is 2.28. The van der Waals surface area contributed by atoms with E-state index in [1.807, 2.05) is 6.92 Å². The van der Waals surface area contributed by atoms with Crippen molar-refractivity contribution in [1.82, 2.24) is 4.90 Å². The van der Waals surface area contributed by atoms with Crippen LogP contribution in [0.3, 0.4) is 0 Å². The van der Waals surface area contributed by atoms with Crippen molar-refractivity contribution in [2.75, 3.05) is 6.54 Å². The molecule has 0 atom stereocenters. The highest BCUT2D eigenvalue weighted by Gasteiger charge is 2.28. The van der Waals surface area contributed by atoms with Gasteiger partial charge in [0, 0.05) is 18.2 Å². The minimum atomic E-state index is -0.720. The van der Waals surface area contributed by atoms with Crippen molar-refractivity contribution >= 4 is 17.8 Å². The zero-order chi connectivity index (χ0) is 15.3. The van der Waals surface area contributed by atoms with Gasteiger partial charge >= 0.3 is 5.97 Å². The second kappa shape index (κ2) is 6.62. The summed E-state index contributed by atoms with van der Waals surface area (Å²) in [5.41, 5.74) is -0.213. The lowest BCUT2D eigenvalue weighted by molar-refractivity contribution is -0.516. The van der Waals surface area contributed by atoms with Crippen molar-refractivity contribution in [3.05, 3.63) is 11.6 Å². The van der Waals surface area contributed by atoms with Crippen LogP contribution in [0.1, 0.15) is 40.5 Å². The summed E-state index contributed by atoms with van der Waals surface area (Å²) in [7, 11) is 0. The summed E-state index contributed by atoms with van der Waals surface area (Å²) in [6, 6.07) is 0. The van der Waals surface area contributed by atoms with Gasteiger partial charge in [-0.25, -0.2) is 4.79 Å². The first kappa shape index (κ1) is 16.3. The Morgan fingerprint density at radius 3 is 2.50 bits per heavy atom. The predicted molar refractivity (Wildman–Crippen MR) is 67.7 cm³/mol. The monoisotopic (exact) mass is 285 g/mol. The Bertz CT molecular complexity index is 440. The van der Waals surface area contributed by atoms with Gasteiger partial charge in [0.1, 0.15) is 5.60 Å². The maximum Gasteiger partial charge on any atom is 0.347 e. The molecule has 2 amide bonds. The molecule has 1 aliphatic heterocycles. The fourth-order valence-corrected chi connectivity index (χ4v) is 1.30. The van der Waals surface area contributed by atoms with Gasteiger partial charge in [-0.05, 0) is 32.2 Å². The molecule has 1 rings (SSSR count). The molecular weight excluding hydrogens is 266 g/mol. The lowest BCUT2D eigenvalue weighted by Crippen LogP contribution is -2.33. The van der Waals surface area contributed by atoms with Crippen molar-refractivity contribution in [3.8, 4) is 0 Å². The normalized spacial score (nSPS) is 15.6. The maximum absolute atomic E-state index is 11.5. The van der Waals surface area contributed by atoms with E-state index in [2.05, 4.69) is 9.93 Å². The third-order valence-electron chi connectivity index (χ3n) is 2.97. The van der Waals surface area contributed by atoms with Crippen LogP contribution in [-0.2, 0) is 29.2 Å². The molecule has 112 valence electrons. The van der Waals surface area contributed by atoms with Crippen molar-refractivity contribution < 1.29 is 29.2 Å². The summed E-state index contributed by atoms with van der Waals surface area (Å²) in [5.74, 6) is -1.54. The fourth-order valence-electron chi connectivity index (χ4n) is 1.30. The summed E-state index contributed by atoms with van der Waals surface area (Å²) in [4.78, 5) is 44.6. The van der Waals surface area contributed by atoms with Crippen LogP contribution in [-0.4, -0.2) is 34.8 Å². The molecule has 7 heteroatoms. The average Bonchev–Trinajstić information content (AvgIpc) is 2.61. The van der Waals surface area contributed by atoms with Gasteiger partial charge in [-0.2, -0.15) is 4.89 Å². The van der Waals surface area contributed by atoms with Crippen LogP contribution < -0.4 is 0 Å². The van der Waals surface area contributed by atoms with E-state index in [0.29, 0.717) is 12.0 Å². The Kier molecular flexibility index (Phi) is 5.41. The summed E-state index contributed by atoms with van der Waals surface area (Å²) in [5, 5.41) is 4.39. The number of carbonyl (C=O) groups excluding carboxylic acids is 3. The van der Waals surface area contributed by atoms with Gasteiger partial charge in [-0.15, -0.1) is 0 Å². The largest absolute Gasteiger partial charge is 0.347 e.